The van der Waals surface area contributed by atoms with Gasteiger partial charge in [0.25, 0.3) is 0 Å². The van der Waals surface area contributed by atoms with Crippen molar-refractivity contribution in [2.45, 2.75) is 6.17 Å². The summed E-state index contributed by atoms with van der Waals surface area (Å²) in [6.45, 7) is 0. The largest absolute Gasteiger partial charge is 0.324 e. The highest BCUT2D eigenvalue weighted by Crippen LogP contribution is 2.32. The summed E-state index contributed by atoms with van der Waals surface area (Å²) >= 11 is 0. The van der Waals surface area contributed by atoms with Crippen molar-refractivity contribution in [3.8, 4) is 62.2 Å². The van der Waals surface area contributed by atoms with Crippen molar-refractivity contribution in [2.24, 2.45) is 9.98 Å². The van der Waals surface area contributed by atoms with Crippen molar-refractivity contribution in [1.82, 2.24) is 15.3 Å². The van der Waals surface area contributed by atoms with Crippen LogP contribution in [0.4, 0.5) is 0 Å². The second kappa shape index (κ2) is 15.3. The van der Waals surface area contributed by atoms with Gasteiger partial charge in [0, 0.05) is 27.8 Å². The molecule has 7 aromatic carbocycles. The van der Waals surface area contributed by atoms with Crippen molar-refractivity contribution in [3.63, 3.8) is 0 Å². The minimum atomic E-state index is -0.440. The number of hydrogen-bond acceptors (Lipinski definition) is 6. The van der Waals surface area contributed by atoms with Gasteiger partial charge in [0.05, 0.1) is 23.0 Å². The highest BCUT2D eigenvalue weighted by Gasteiger charge is 2.21. The molecule has 2 heterocycles. The zero-order valence-corrected chi connectivity index (χ0v) is 30.3. The Hall–Kier alpha value is -7.75. The van der Waals surface area contributed by atoms with Crippen LogP contribution in [-0.2, 0) is 0 Å². The van der Waals surface area contributed by atoms with Gasteiger partial charge in [-0.2, -0.15) is 5.26 Å². The lowest BCUT2D eigenvalue weighted by Crippen LogP contribution is -2.36. The summed E-state index contributed by atoms with van der Waals surface area (Å²) in [6, 6.07) is 67.8. The van der Waals surface area contributed by atoms with Crippen LogP contribution in [0.2, 0.25) is 0 Å². The Labute approximate surface area is 325 Å². The van der Waals surface area contributed by atoms with Gasteiger partial charge in [0.2, 0.25) is 0 Å². The number of nitrogens with zero attached hydrogens (tertiary/aromatic N) is 5. The van der Waals surface area contributed by atoms with Gasteiger partial charge in [-0.05, 0) is 64.2 Å². The van der Waals surface area contributed by atoms with Crippen LogP contribution in [0.5, 0.6) is 0 Å². The number of aliphatic imine (C=N–C) groups is 2. The average molecular weight is 719 g/mol. The lowest BCUT2D eigenvalue weighted by atomic mass is 10.00. The lowest BCUT2D eigenvalue weighted by Gasteiger charge is -2.22. The summed E-state index contributed by atoms with van der Waals surface area (Å²) in [5.74, 6) is 2.12. The zero-order valence-electron chi connectivity index (χ0n) is 30.3. The van der Waals surface area contributed by atoms with Gasteiger partial charge < -0.3 is 5.32 Å². The van der Waals surface area contributed by atoms with Crippen LogP contribution in [0.25, 0.3) is 56.2 Å². The van der Waals surface area contributed by atoms with E-state index >= 15 is 0 Å². The molecule has 1 aliphatic heterocycles. The second-order valence-corrected chi connectivity index (χ2v) is 13.5. The molecule has 56 heavy (non-hydrogen) atoms. The monoisotopic (exact) mass is 718 g/mol. The number of aromatic nitrogens is 2. The van der Waals surface area contributed by atoms with E-state index in [9.17, 15) is 5.26 Å². The van der Waals surface area contributed by atoms with E-state index in [1.807, 2.05) is 66.7 Å². The molecule has 0 fully saturated rings. The molecule has 0 saturated heterocycles. The molecule has 6 heteroatoms. The van der Waals surface area contributed by atoms with Gasteiger partial charge in [0.1, 0.15) is 11.7 Å². The third-order valence-electron chi connectivity index (χ3n) is 9.82. The molecule has 0 bridgehead atoms. The van der Waals surface area contributed by atoms with Crippen molar-refractivity contribution in [3.05, 3.63) is 216 Å². The SMILES string of the molecule is N#Cc1ccc(C2=NC(c3ccc(-c4ccc(-c5nc(-c6ccccc6)cc(-c6cccc(-c7ccccc7)c6)n5)cc4)cc3)N=C(c3ccccc3)N2)cc1. The van der Waals surface area contributed by atoms with E-state index in [0.717, 1.165) is 72.9 Å². The minimum absolute atomic E-state index is 0.440. The topological polar surface area (TPSA) is 86.3 Å². The fourth-order valence-corrected chi connectivity index (χ4v) is 6.82. The number of amidine groups is 2. The molecule has 0 amide bonds. The Morgan fingerprint density at radius 1 is 0.393 bits per heavy atom. The predicted octanol–water partition coefficient (Wildman–Crippen LogP) is 11.2. The van der Waals surface area contributed by atoms with E-state index in [1.165, 1.54) is 0 Å². The molecule has 1 aliphatic rings. The smallest absolute Gasteiger partial charge is 0.169 e. The molecular formula is C50H34N6. The van der Waals surface area contributed by atoms with Crippen LogP contribution >= 0.6 is 0 Å². The Morgan fingerprint density at radius 2 is 0.839 bits per heavy atom. The Morgan fingerprint density at radius 3 is 1.45 bits per heavy atom. The van der Waals surface area contributed by atoms with Crippen molar-refractivity contribution < 1.29 is 0 Å². The van der Waals surface area contributed by atoms with E-state index in [4.69, 9.17) is 20.0 Å². The van der Waals surface area contributed by atoms with Gasteiger partial charge in [-0.3, -0.25) is 0 Å². The molecule has 8 aromatic rings. The summed E-state index contributed by atoms with van der Waals surface area (Å²) in [5, 5.41) is 12.7. The molecule has 9 rings (SSSR count). The molecule has 0 aliphatic carbocycles. The average Bonchev–Trinajstić information content (AvgIpc) is 3.30. The van der Waals surface area contributed by atoms with Crippen molar-refractivity contribution in [1.29, 1.82) is 5.26 Å². The summed E-state index contributed by atoms with van der Waals surface area (Å²) in [7, 11) is 0. The van der Waals surface area contributed by atoms with Crippen LogP contribution in [0.1, 0.15) is 28.4 Å². The van der Waals surface area contributed by atoms with E-state index in [2.05, 4.69) is 127 Å². The summed E-state index contributed by atoms with van der Waals surface area (Å²) in [4.78, 5) is 20.2. The number of nitriles is 1. The first-order valence-corrected chi connectivity index (χ1v) is 18.5. The first-order valence-electron chi connectivity index (χ1n) is 18.5. The fourth-order valence-electron chi connectivity index (χ4n) is 6.82. The Bertz CT molecular complexity index is 2730. The highest BCUT2D eigenvalue weighted by atomic mass is 15.2. The fraction of sp³-hybridized carbons (Fsp3) is 0.0200. The molecule has 264 valence electrons. The molecule has 1 unspecified atom stereocenters. The van der Waals surface area contributed by atoms with Crippen molar-refractivity contribution in [2.75, 3.05) is 0 Å². The van der Waals surface area contributed by atoms with Crippen molar-refractivity contribution >= 4 is 11.7 Å². The first kappa shape index (κ1) is 34.0. The summed E-state index contributed by atoms with van der Waals surface area (Å²) in [6.07, 6.45) is -0.440. The van der Waals surface area contributed by atoms with Gasteiger partial charge >= 0.3 is 0 Å². The van der Waals surface area contributed by atoms with Crippen LogP contribution < -0.4 is 5.32 Å². The Kier molecular flexibility index (Phi) is 9.31. The molecular weight excluding hydrogens is 685 g/mol. The molecule has 1 aromatic heterocycles. The second-order valence-electron chi connectivity index (χ2n) is 13.5. The molecule has 0 radical (unpaired) electrons. The molecule has 0 spiro atoms. The van der Waals surface area contributed by atoms with E-state index in [0.29, 0.717) is 17.2 Å². The predicted molar refractivity (Wildman–Crippen MR) is 226 cm³/mol. The third-order valence-corrected chi connectivity index (χ3v) is 9.82. The third kappa shape index (κ3) is 7.25. The first-order chi connectivity index (χ1) is 27.7. The van der Waals surface area contributed by atoms with Gasteiger partial charge in [-0.25, -0.2) is 20.0 Å². The quantitative estimate of drug-likeness (QED) is 0.169. The maximum Gasteiger partial charge on any atom is 0.169 e. The maximum absolute atomic E-state index is 9.31. The maximum atomic E-state index is 9.31. The number of nitrogens with one attached hydrogen (secondary N) is 1. The number of hydrogen-bond donors (Lipinski definition) is 1. The van der Waals surface area contributed by atoms with Gasteiger partial charge in [-0.1, -0.05) is 158 Å². The molecule has 1 atom stereocenters. The standard InChI is InChI=1S/C50H34N6/c51-33-34-19-21-40(22-20-34)49-54-48(39-15-8-3-9-16-39)55-50(56-49)42-29-25-37(26-30-42)36-23-27-41(28-24-36)47-52-45(38-13-6-2-7-14-38)32-46(53-47)44-18-10-17-43(31-44)35-11-4-1-5-12-35/h1-32,50H,(H,54,55,56). The zero-order chi connectivity index (χ0) is 37.7. The molecule has 0 saturated carbocycles. The van der Waals surface area contributed by atoms with Crippen LogP contribution in [0.15, 0.2) is 204 Å². The Balaban J connectivity index is 1.02. The van der Waals surface area contributed by atoms with Crippen LogP contribution in [0.3, 0.4) is 0 Å². The highest BCUT2D eigenvalue weighted by molar-refractivity contribution is 6.15. The summed E-state index contributed by atoms with van der Waals surface area (Å²) < 4.78 is 0. The molecule has 1 N–H and O–H groups in total. The minimum Gasteiger partial charge on any atom is -0.324 e. The van der Waals surface area contributed by atoms with E-state index < -0.39 is 6.17 Å². The summed E-state index contributed by atoms with van der Waals surface area (Å²) in [5.41, 5.74) is 12.6. The van der Waals surface area contributed by atoms with Gasteiger partial charge in [-0.15, -0.1) is 0 Å². The number of rotatable bonds is 8. The van der Waals surface area contributed by atoms with Gasteiger partial charge in [0.15, 0.2) is 12.0 Å². The van der Waals surface area contributed by atoms with Crippen LogP contribution in [-0.4, -0.2) is 21.6 Å². The molecule has 6 nitrogen and oxygen atoms in total. The lowest BCUT2D eigenvalue weighted by molar-refractivity contribution is 0.756. The van der Waals surface area contributed by atoms with Crippen LogP contribution in [0, 0.1) is 11.3 Å². The van der Waals surface area contributed by atoms with E-state index in [-0.39, 0.29) is 0 Å². The number of benzene rings is 7. The van der Waals surface area contributed by atoms with E-state index in [1.54, 1.807) is 12.1 Å². The normalized spacial score (nSPS) is 13.5.